The van der Waals surface area contributed by atoms with Crippen molar-refractivity contribution in [3.05, 3.63) is 65.2 Å². The molecule has 0 saturated carbocycles. The fourth-order valence-corrected chi connectivity index (χ4v) is 4.02. The third-order valence-corrected chi connectivity index (χ3v) is 5.47. The molecule has 1 heterocycles. The number of carbonyl (C=O) groups is 1. The van der Waals surface area contributed by atoms with Crippen LogP contribution >= 0.6 is 11.8 Å². The summed E-state index contributed by atoms with van der Waals surface area (Å²) in [5.74, 6) is -0.618. The number of amides is 2. The fraction of sp³-hybridized carbons (Fsp3) is 0.316. The predicted molar refractivity (Wildman–Crippen MR) is 97.8 cm³/mol. The maximum absolute atomic E-state index is 13.3. The van der Waals surface area contributed by atoms with Crippen LogP contribution in [-0.4, -0.2) is 23.2 Å². The van der Waals surface area contributed by atoms with Crippen molar-refractivity contribution in [2.24, 2.45) is 0 Å². The van der Waals surface area contributed by atoms with E-state index in [4.69, 9.17) is 0 Å². The second-order valence-electron chi connectivity index (χ2n) is 6.30. The lowest BCUT2D eigenvalue weighted by Crippen LogP contribution is -2.34. The molecule has 0 unspecified atom stereocenters. The van der Waals surface area contributed by atoms with E-state index in [2.05, 4.69) is 43.4 Å². The van der Waals surface area contributed by atoms with Gasteiger partial charge in [0.05, 0.1) is 0 Å². The van der Waals surface area contributed by atoms with Crippen molar-refractivity contribution in [2.45, 2.75) is 25.1 Å². The van der Waals surface area contributed by atoms with Crippen LogP contribution in [0.1, 0.15) is 36.3 Å². The van der Waals surface area contributed by atoms with Crippen molar-refractivity contribution in [1.29, 1.82) is 0 Å². The molecule has 1 saturated heterocycles. The minimum absolute atomic E-state index is 0.0773. The van der Waals surface area contributed by atoms with Gasteiger partial charge in [-0.2, -0.15) is 0 Å². The Labute approximate surface area is 150 Å². The van der Waals surface area contributed by atoms with Crippen molar-refractivity contribution in [2.75, 3.05) is 17.6 Å². The zero-order valence-electron chi connectivity index (χ0n) is 14.1. The van der Waals surface area contributed by atoms with Gasteiger partial charge in [0.1, 0.15) is 5.37 Å². The Kier molecular flexibility index (Phi) is 5.27. The molecule has 0 aliphatic carbocycles. The van der Waals surface area contributed by atoms with E-state index >= 15 is 0 Å². The molecule has 1 aliphatic rings. The number of halogens is 2. The van der Waals surface area contributed by atoms with Crippen LogP contribution in [0.3, 0.4) is 0 Å². The Hall–Kier alpha value is -2.08. The zero-order chi connectivity index (χ0) is 18.0. The minimum atomic E-state index is -0.977. The summed E-state index contributed by atoms with van der Waals surface area (Å²) in [6.07, 6.45) is 0. The molecule has 0 bridgehead atoms. The van der Waals surface area contributed by atoms with E-state index in [9.17, 15) is 13.6 Å². The molecular weight excluding hydrogens is 342 g/mol. The number of nitrogens with zero attached hydrogens (tertiary/aromatic N) is 1. The summed E-state index contributed by atoms with van der Waals surface area (Å²) in [6.45, 7) is 4.89. The van der Waals surface area contributed by atoms with E-state index < -0.39 is 11.6 Å². The first-order valence-electron chi connectivity index (χ1n) is 8.20. The number of urea groups is 1. The molecule has 2 aromatic carbocycles. The van der Waals surface area contributed by atoms with Gasteiger partial charge in [-0.25, -0.2) is 13.6 Å². The third-order valence-electron chi connectivity index (χ3n) is 4.21. The quantitative estimate of drug-likeness (QED) is 0.796. The van der Waals surface area contributed by atoms with Crippen LogP contribution in [0.25, 0.3) is 0 Å². The molecule has 0 radical (unpaired) electrons. The Morgan fingerprint density at radius 2 is 1.88 bits per heavy atom. The summed E-state index contributed by atoms with van der Waals surface area (Å²) in [4.78, 5) is 14.3. The van der Waals surface area contributed by atoms with Gasteiger partial charge in [-0.15, -0.1) is 11.8 Å². The molecule has 3 rings (SSSR count). The summed E-state index contributed by atoms with van der Waals surface area (Å²) < 4.78 is 26.3. The molecular formula is C19H20F2N2OS. The number of hydrogen-bond donors (Lipinski definition) is 1. The van der Waals surface area contributed by atoms with Crippen LogP contribution in [0.15, 0.2) is 42.5 Å². The molecule has 0 aromatic heterocycles. The van der Waals surface area contributed by atoms with E-state index in [1.165, 1.54) is 11.6 Å². The molecule has 25 heavy (non-hydrogen) atoms. The van der Waals surface area contributed by atoms with Gasteiger partial charge >= 0.3 is 6.03 Å². The van der Waals surface area contributed by atoms with Crippen molar-refractivity contribution < 1.29 is 13.6 Å². The molecule has 3 nitrogen and oxygen atoms in total. The highest BCUT2D eigenvalue weighted by atomic mass is 32.2. The largest absolute Gasteiger partial charge is 0.323 e. The summed E-state index contributed by atoms with van der Waals surface area (Å²) >= 11 is 1.69. The summed E-state index contributed by atoms with van der Waals surface area (Å²) in [5, 5.41) is 2.57. The number of benzene rings is 2. The van der Waals surface area contributed by atoms with Crippen LogP contribution in [0.4, 0.5) is 19.3 Å². The molecule has 1 N–H and O–H groups in total. The van der Waals surface area contributed by atoms with Gasteiger partial charge in [-0.3, -0.25) is 0 Å². The number of nitrogens with one attached hydrogen (secondary N) is 1. The Bertz CT molecular complexity index is 765. The second-order valence-corrected chi connectivity index (χ2v) is 7.49. The normalized spacial score (nSPS) is 17.2. The topological polar surface area (TPSA) is 32.3 Å². The molecule has 1 atom stereocenters. The standard InChI is InChI=1S/C19H20F2N2OS/c1-12(2)13-3-5-14(6-4-13)18-23(9-10-25-18)19(24)22-15-7-8-16(20)17(21)11-15/h3-8,11-12,18H,9-10H2,1-2H3,(H,22,24)/t18-/m1/s1. The van der Waals surface area contributed by atoms with Crippen LogP contribution in [-0.2, 0) is 0 Å². The summed E-state index contributed by atoms with van der Waals surface area (Å²) in [7, 11) is 0. The minimum Gasteiger partial charge on any atom is -0.308 e. The molecule has 132 valence electrons. The van der Waals surface area contributed by atoms with Crippen LogP contribution in [0.5, 0.6) is 0 Å². The van der Waals surface area contributed by atoms with Gasteiger partial charge in [0.2, 0.25) is 0 Å². The summed E-state index contributed by atoms with van der Waals surface area (Å²) in [5.41, 5.74) is 2.56. The lowest BCUT2D eigenvalue weighted by Gasteiger charge is -2.24. The van der Waals surface area contributed by atoms with E-state index in [1.807, 2.05) is 0 Å². The highest BCUT2D eigenvalue weighted by molar-refractivity contribution is 7.99. The van der Waals surface area contributed by atoms with Gasteiger partial charge in [0.25, 0.3) is 0 Å². The summed E-state index contributed by atoms with van der Waals surface area (Å²) in [6, 6.07) is 11.3. The average Bonchev–Trinajstić information content (AvgIpc) is 3.08. The average molecular weight is 362 g/mol. The fourth-order valence-electron chi connectivity index (χ4n) is 2.77. The number of thioether (sulfide) groups is 1. The highest BCUT2D eigenvalue weighted by Crippen LogP contribution is 2.38. The zero-order valence-corrected chi connectivity index (χ0v) is 14.9. The molecule has 1 fully saturated rings. The van der Waals surface area contributed by atoms with Gasteiger partial charge < -0.3 is 10.2 Å². The first kappa shape index (κ1) is 17.7. The second kappa shape index (κ2) is 7.44. The maximum atomic E-state index is 13.3. The Morgan fingerprint density at radius 1 is 1.16 bits per heavy atom. The van der Waals surface area contributed by atoms with E-state index in [0.29, 0.717) is 12.5 Å². The number of rotatable bonds is 3. The Morgan fingerprint density at radius 3 is 2.52 bits per heavy atom. The van der Waals surface area contributed by atoms with Crippen LogP contribution in [0, 0.1) is 11.6 Å². The van der Waals surface area contributed by atoms with Crippen molar-refractivity contribution in [3.63, 3.8) is 0 Å². The van der Waals surface area contributed by atoms with Crippen molar-refractivity contribution in [3.8, 4) is 0 Å². The van der Waals surface area contributed by atoms with Gasteiger partial charge in [0, 0.05) is 24.1 Å². The van der Waals surface area contributed by atoms with Crippen LogP contribution in [0.2, 0.25) is 0 Å². The Balaban J connectivity index is 1.74. The highest BCUT2D eigenvalue weighted by Gasteiger charge is 2.30. The predicted octanol–water partition coefficient (Wildman–Crippen LogP) is 5.37. The molecule has 2 aromatic rings. The van der Waals surface area contributed by atoms with E-state index in [1.54, 1.807) is 16.7 Å². The lowest BCUT2D eigenvalue weighted by molar-refractivity contribution is 0.214. The lowest BCUT2D eigenvalue weighted by atomic mass is 10.0. The van der Waals surface area contributed by atoms with Crippen molar-refractivity contribution in [1.82, 2.24) is 4.90 Å². The smallest absolute Gasteiger partial charge is 0.308 e. The first-order chi connectivity index (χ1) is 12.0. The molecule has 2 amide bonds. The van der Waals surface area contributed by atoms with Gasteiger partial charge in [0.15, 0.2) is 11.6 Å². The van der Waals surface area contributed by atoms with Crippen LogP contribution < -0.4 is 5.32 Å². The maximum Gasteiger partial charge on any atom is 0.323 e. The third kappa shape index (κ3) is 3.95. The van der Waals surface area contributed by atoms with E-state index in [-0.39, 0.29) is 17.1 Å². The number of hydrogen-bond acceptors (Lipinski definition) is 2. The number of anilines is 1. The monoisotopic (exact) mass is 362 g/mol. The van der Waals surface area contributed by atoms with E-state index in [0.717, 1.165) is 23.4 Å². The van der Waals surface area contributed by atoms with Gasteiger partial charge in [-0.1, -0.05) is 38.1 Å². The SMILES string of the molecule is CC(C)c1ccc([C@H]2SCCN2C(=O)Nc2ccc(F)c(F)c2)cc1. The number of carbonyl (C=O) groups excluding carboxylic acids is 1. The molecule has 1 aliphatic heterocycles. The van der Waals surface area contributed by atoms with Gasteiger partial charge in [-0.05, 0) is 29.2 Å². The molecule has 0 spiro atoms. The molecule has 6 heteroatoms. The first-order valence-corrected chi connectivity index (χ1v) is 9.24. The van der Waals surface area contributed by atoms with Crippen molar-refractivity contribution >= 4 is 23.5 Å².